The third-order valence-electron chi connectivity index (χ3n) is 2.49. The maximum Gasteiger partial charge on any atom is 0.0162 e. The predicted molar refractivity (Wildman–Crippen MR) is 62.6 cm³/mol. The van der Waals surface area contributed by atoms with Crippen molar-refractivity contribution in [1.29, 1.82) is 0 Å². The van der Waals surface area contributed by atoms with Crippen molar-refractivity contribution in [2.24, 2.45) is 5.73 Å². The first kappa shape index (κ1) is 9.99. The maximum atomic E-state index is 6.08. The standard InChI is InChI=1S/C13H16N2/c14-12(10-13-7-4-8-15-13)9-11-5-2-1-3-6-11/h1-8,12,15H,9-10,14H2. The van der Waals surface area contributed by atoms with Gasteiger partial charge in [-0.1, -0.05) is 30.3 Å². The molecule has 0 aliphatic carbocycles. The first-order valence-electron chi connectivity index (χ1n) is 5.26. The minimum atomic E-state index is 0.186. The highest BCUT2D eigenvalue weighted by Crippen LogP contribution is 2.05. The van der Waals surface area contributed by atoms with Crippen LogP contribution in [0.3, 0.4) is 0 Å². The van der Waals surface area contributed by atoms with Crippen molar-refractivity contribution >= 4 is 0 Å². The second-order valence-corrected chi connectivity index (χ2v) is 3.85. The molecule has 0 spiro atoms. The molecule has 1 heterocycles. The Morgan fingerprint density at radius 2 is 1.80 bits per heavy atom. The minimum Gasteiger partial charge on any atom is -0.365 e. The van der Waals surface area contributed by atoms with E-state index in [1.165, 1.54) is 11.3 Å². The third-order valence-corrected chi connectivity index (χ3v) is 2.49. The van der Waals surface area contributed by atoms with Crippen molar-refractivity contribution in [3.05, 3.63) is 59.9 Å². The molecule has 0 saturated carbocycles. The summed E-state index contributed by atoms with van der Waals surface area (Å²) in [5, 5.41) is 0. The van der Waals surface area contributed by atoms with Crippen LogP contribution in [0.2, 0.25) is 0 Å². The van der Waals surface area contributed by atoms with Gasteiger partial charge >= 0.3 is 0 Å². The summed E-state index contributed by atoms with van der Waals surface area (Å²) in [6, 6.07) is 14.6. The molecule has 2 heteroatoms. The molecule has 0 radical (unpaired) electrons. The van der Waals surface area contributed by atoms with E-state index >= 15 is 0 Å². The summed E-state index contributed by atoms with van der Waals surface area (Å²) in [6.45, 7) is 0. The summed E-state index contributed by atoms with van der Waals surface area (Å²) in [5.74, 6) is 0. The molecule has 0 amide bonds. The van der Waals surface area contributed by atoms with Crippen molar-refractivity contribution in [3.8, 4) is 0 Å². The lowest BCUT2D eigenvalue weighted by atomic mass is 10.0. The summed E-state index contributed by atoms with van der Waals surface area (Å²) in [6.07, 6.45) is 3.77. The van der Waals surface area contributed by atoms with Gasteiger partial charge in [0.15, 0.2) is 0 Å². The van der Waals surface area contributed by atoms with Gasteiger partial charge in [-0.15, -0.1) is 0 Å². The van der Waals surface area contributed by atoms with Crippen LogP contribution in [0.15, 0.2) is 48.7 Å². The number of nitrogens with two attached hydrogens (primary N) is 1. The monoisotopic (exact) mass is 200 g/mol. The summed E-state index contributed by atoms with van der Waals surface area (Å²) in [5.41, 5.74) is 8.59. The number of aromatic amines is 1. The number of H-pyrrole nitrogens is 1. The Balaban J connectivity index is 1.90. The van der Waals surface area contributed by atoms with E-state index in [0.717, 1.165) is 12.8 Å². The Hall–Kier alpha value is -1.54. The molecule has 0 aliphatic rings. The smallest absolute Gasteiger partial charge is 0.0162 e. The molecular weight excluding hydrogens is 184 g/mol. The van der Waals surface area contributed by atoms with Gasteiger partial charge in [-0.3, -0.25) is 0 Å². The first-order chi connectivity index (χ1) is 7.34. The van der Waals surface area contributed by atoms with E-state index < -0.39 is 0 Å². The highest BCUT2D eigenvalue weighted by atomic mass is 14.7. The number of nitrogens with one attached hydrogen (secondary N) is 1. The van der Waals surface area contributed by atoms with Crippen LogP contribution in [-0.2, 0) is 12.8 Å². The van der Waals surface area contributed by atoms with Crippen molar-refractivity contribution in [3.63, 3.8) is 0 Å². The molecule has 2 rings (SSSR count). The lowest BCUT2D eigenvalue weighted by Gasteiger charge is -2.10. The van der Waals surface area contributed by atoms with Crippen molar-refractivity contribution in [2.45, 2.75) is 18.9 Å². The van der Waals surface area contributed by atoms with Crippen LogP contribution < -0.4 is 5.73 Å². The topological polar surface area (TPSA) is 41.8 Å². The Bertz CT molecular complexity index is 378. The van der Waals surface area contributed by atoms with Crippen molar-refractivity contribution < 1.29 is 0 Å². The van der Waals surface area contributed by atoms with Crippen molar-refractivity contribution in [1.82, 2.24) is 4.98 Å². The average molecular weight is 200 g/mol. The minimum absolute atomic E-state index is 0.186. The predicted octanol–water partition coefficient (Wildman–Crippen LogP) is 2.13. The molecule has 2 aromatic rings. The highest BCUT2D eigenvalue weighted by Gasteiger charge is 2.05. The number of rotatable bonds is 4. The summed E-state index contributed by atoms with van der Waals surface area (Å²) in [4.78, 5) is 3.17. The molecule has 0 saturated heterocycles. The van der Waals surface area contributed by atoms with Gasteiger partial charge in [0.1, 0.15) is 0 Å². The van der Waals surface area contributed by atoms with E-state index in [2.05, 4.69) is 35.3 Å². The van der Waals surface area contributed by atoms with Gasteiger partial charge in [-0.2, -0.15) is 0 Å². The lowest BCUT2D eigenvalue weighted by Crippen LogP contribution is -2.25. The van der Waals surface area contributed by atoms with Gasteiger partial charge < -0.3 is 10.7 Å². The summed E-state index contributed by atoms with van der Waals surface area (Å²) in [7, 11) is 0. The Morgan fingerprint density at radius 3 is 2.47 bits per heavy atom. The Kier molecular flexibility index (Phi) is 3.20. The van der Waals surface area contributed by atoms with Crippen LogP contribution in [-0.4, -0.2) is 11.0 Å². The van der Waals surface area contributed by atoms with E-state index in [-0.39, 0.29) is 6.04 Å². The zero-order valence-corrected chi connectivity index (χ0v) is 8.69. The number of benzene rings is 1. The Morgan fingerprint density at radius 1 is 1.00 bits per heavy atom. The molecule has 1 aromatic carbocycles. The molecule has 2 nitrogen and oxygen atoms in total. The van der Waals surface area contributed by atoms with E-state index in [1.807, 2.05) is 18.3 Å². The van der Waals surface area contributed by atoms with Gasteiger partial charge in [-0.25, -0.2) is 0 Å². The van der Waals surface area contributed by atoms with Crippen LogP contribution >= 0.6 is 0 Å². The van der Waals surface area contributed by atoms with Crippen LogP contribution in [0.4, 0.5) is 0 Å². The Labute approximate surface area is 90.1 Å². The molecular formula is C13H16N2. The molecule has 3 N–H and O–H groups in total. The fourth-order valence-electron chi connectivity index (χ4n) is 1.77. The van der Waals surface area contributed by atoms with Crippen LogP contribution in [0, 0.1) is 0 Å². The third kappa shape index (κ3) is 2.96. The van der Waals surface area contributed by atoms with Crippen molar-refractivity contribution in [2.75, 3.05) is 0 Å². The highest BCUT2D eigenvalue weighted by molar-refractivity contribution is 5.16. The quantitative estimate of drug-likeness (QED) is 0.780. The first-order valence-corrected chi connectivity index (χ1v) is 5.26. The number of hydrogen-bond acceptors (Lipinski definition) is 1. The van der Waals surface area contributed by atoms with E-state index in [1.54, 1.807) is 0 Å². The van der Waals surface area contributed by atoms with Crippen LogP contribution in [0.1, 0.15) is 11.3 Å². The molecule has 0 aliphatic heterocycles. The maximum absolute atomic E-state index is 6.08. The molecule has 1 aromatic heterocycles. The summed E-state index contributed by atoms with van der Waals surface area (Å²) >= 11 is 0. The second kappa shape index (κ2) is 4.80. The van der Waals surface area contributed by atoms with Crippen LogP contribution in [0.25, 0.3) is 0 Å². The largest absolute Gasteiger partial charge is 0.365 e. The average Bonchev–Trinajstić information content (AvgIpc) is 2.71. The van der Waals surface area contributed by atoms with E-state index in [9.17, 15) is 0 Å². The van der Waals surface area contributed by atoms with Gasteiger partial charge in [0.2, 0.25) is 0 Å². The second-order valence-electron chi connectivity index (χ2n) is 3.85. The summed E-state index contributed by atoms with van der Waals surface area (Å²) < 4.78 is 0. The van der Waals surface area contributed by atoms with Gasteiger partial charge in [0.25, 0.3) is 0 Å². The SMILES string of the molecule is NC(Cc1ccccc1)Cc1ccc[nH]1. The van der Waals surface area contributed by atoms with Gasteiger partial charge in [0, 0.05) is 24.4 Å². The van der Waals surface area contributed by atoms with Gasteiger partial charge in [0.05, 0.1) is 0 Å². The molecule has 0 bridgehead atoms. The van der Waals surface area contributed by atoms with Crippen LogP contribution in [0.5, 0.6) is 0 Å². The number of aromatic nitrogens is 1. The molecule has 1 atom stereocenters. The lowest BCUT2D eigenvalue weighted by molar-refractivity contribution is 0.656. The van der Waals surface area contributed by atoms with E-state index in [0.29, 0.717) is 0 Å². The fraction of sp³-hybridized carbons (Fsp3) is 0.231. The molecule has 1 unspecified atom stereocenters. The number of hydrogen-bond donors (Lipinski definition) is 2. The van der Waals surface area contributed by atoms with E-state index in [4.69, 9.17) is 5.73 Å². The zero-order chi connectivity index (χ0) is 10.5. The molecule has 15 heavy (non-hydrogen) atoms. The molecule has 78 valence electrons. The normalized spacial score (nSPS) is 12.6. The van der Waals surface area contributed by atoms with Gasteiger partial charge in [-0.05, 0) is 24.1 Å². The fourth-order valence-corrected chi connectivity index (χ4v) is 1.77. The molecule has 0 fully saturated rings. The zero-order valence-electron chi connectivity index (χ0n) is 8.69.